The molecule has 0 radical (unpaired) electrons. The van der Waals surface area contributed by atoms with Crippen molar-refractivity contribution in [1.29, 1.82) is 0 Å². The molecule has 4 rings (SSSR count). The largest absolute Gasteiger partial charge is 0.493 e. The summed E-state index contributed by atoms with van der Waals surface area (Å²) in [7, 11) is 1.59. The van der Waals surface area contributed by atoms with Crippen molar-refractivity contribution in [2.75, 3.05) is 7.11 Å². The lowest BCUT2D eigenvalue weighted by atomic mass is 10.1. The molecule has 0 bridgehead atoms. The highest BCUT2D eigenvalue weighted by molar-refractivity contribution is 5.92. The van der Waals surface area contributed by atoms with Crippen LogP contribution in [0.1, 0.15) is 29.8 Å². The molecule has 1 N–H and O–H groups in total. The molecule has 7 heteroatoms. The second-order valence-corrected chi connectivity index (χ2v) is 7.40. The molecule has 0 saturated carbocycles. The Morgan fingerprint density at radius 3 is 2.64 bits per heavy atom. The lowest BCUT2D eigenvalue weighted by Gasteiger charge is -2.16. The molecule has 0 aliphatic rings. The Hall–Kier alpha value is -4.26. The number of ether oxygens (including phenoxy) is 2. The summed E-state index contributed by atoms with van der Waals surface area (Å²) in [5.74, 6) is 1.01. The van der Waals surface area contributed by atoms with Crippen molar-refractivity contribution in [3.8, 4) is 11.5 Å². The summed E-state index contributed by atoms with van der Waals surface area (Å²) in [6, 6.07) is 16.8. The van der Waals surface area contributed by atoms with Crippen molar-refractivity contribution in [3.63, 3.8) is 0 Å². The van der Waals surface area contributed by atoms with Crippen molar-refractivity contribution in [2.45, 2.75) is 19.6 Å². The van der Waals surface area contributed by atoms with Gasteiger partial charge in [-0.25, -0.2) is 4.98 Å². The van der Waals surface area contributed by atoms with Crippen LogP contribution in [-0.4, -0.2) is 28.0 Å². The van der Waals surface area contributed by atoms with E-state index in [1.165, 1.54) is 6.08 Å². The molecule has 1 amide bonds. The first kappa shape index (κ1) is 22.0. The van der Waals surface area contributed by atoms with E-state index in [2.05, 4.69) is 20.3 Å². The number of hydrogen-bond donors (Lipinski definition) is 1. The van der Waals surface area contributed by atoms with Crippen LogP contribution in [0, 0.1) is 0 Å². The molecule has 0 saturated heterocycles. The minimum absolute atomic E-state index is 0.227. The first-order chi connectivity index (χ1) is 16.1. The molecule has 0 aliphatic heterocycles. The van der Waals surface area contributed by atoms with Crippen LogP contribution >= 0.6 is 0 Å². The number of nitrogens with one attached hydrogen (secondary N) is 1. The van der Waals surface area contributed by atoms with Gasteiger partial charge in [0.05, 0.1) is 36.1 Å². The molecule has 0 spiro atoms. The molecule has 1 atom stereocenters. The van der Waals surface area contributed by atoms with E-state index in [1.54, 1.807) is 31.8 Å². The van der Waals surface area contributed by atoms with Crippen molar-refractivity contribution in [3.05, 3.63) is 96.1 Å². The molecule has 1 unspecified atom stereocenters. The number of benzene rings is 2. The number of amides is 1. The van der Waals surface area contributed by atoms with Crippen LogP contribution in [0.25, 0.3) is 17.1 Å². The van der Waals surface area contributed by atoms with Gasteiger partial charge in [0, 0.05) is 18.5 Å². The normalized spacial score (nSPS) is 11.9. The van der Waals surface area contributed by atoms with E-state index in [0.717, 1.165) is 22.2 Å². The summed E-state index contributed by atoms with van der Waals surface area (Å²) in [4.78, 5) is 25.3. The first-order valence-corrected chi connectivity index (χ1v) is 10.5. The summed E-state index contributed by atoms with van der Waals surface area (Å²) in [5, 5.41) is 2.95. The average molecular weight is 441 g/mol. The molecule has 2 heterocycles. The van der Waals surface area contributed by atoms with Crippen LogP contribution in [0.15, 0.2) is 79.3 Å². The minimum atomic E-state index is -0.229. The molecule has 4 aromatic rings. The number of carbonyl (C=O) groups excluding carboxylic acids is 1. The summed E-state index contributed by atoms with van der Waals surface area (Å²) in [6.07, 6.45) is 8.21. The quantitative estimate of drug-likeness (QED) is 0.406. The van der Waals surface area contributed by atoms with E-state index in [1.807, 2.05) is 61.5 Å². The fourth-order valence-corrected chi connectivity index (χ4v) is 3.27. The van der Waals surface area contributed by atoms with Gasteiger partial charge in [0.2, 0.25) is 5.91 Å². The number of fused-ring (bicyclic) bond motifs is 1. The van der Waals surface area contributed by atoms with Crippen molar-refractivity contribution < 1.29 is 14.3 Å². The number of pyridine rings is 1. The third-order valence-electron chi connectivity index (χ3n) is 5.06. The lowest BCUT2D eigenvalue weighted by Crippen LogP contribution is -2.24. The van der Waals surface area contributed by atoms with Gasteiger partial charge < -0.3 is 14.8 Å². The molecule has 33 heavy (non-hydrogen) atoms. The molecule has 2 aromatic heterocycles. The van der Waals surface area contributed by atoms with Crippen LogP contribution in [-0.2, 0) is 11.4 Å². The molecular weight excluding hydrogens is 416 g/mol. The maximum atomic E-state index is 12.4. The van der Waals surface area contributed by atoms with Gasteiger partial charge in [-0.2, -0.15) is 0 Å². The number of aromatic nitrogens is 3. The van der Waals surface area contributed by atoms with Crippen LogP contribution in [0.2, 0.25) is 0 Å². The molecule has 7 nitrogen and oxygen atoms in total. The second-order valence-electron chi connectivity index (χ2n) is 7.40. The zero-order chi connectivity index (χ0) is 23.0. The highest BCUT2D eigenvalue weighted by Crippen LogP contribution is 2.31. The Morgan fingerprint density at radius 2 is 1.85 bits per heavy atom. The van der Waals surface area contributed by atoms with Crippen molar-refractivity contribution in [2.24, 2.45) is 0 Å². The molecule has 2 aromatic carbocycles. The number of nitrogens with zero attached hydrogens (tertiary/aromatic N) is 3. The number of hydrogen-bond acceptors (Lipinski definition) is 6. The maximum absolute atomic E-state index is 12.4. The van der Waals surface area contributed by atoms with Gasteiger partial charge in [-0.15, -0.1) is 0 Å². The summed E-state index contributed by atoms with van der Waals surface area (Å²) < 4.78 is 11.4. The second kappa shape index (κ2) is 10.4. The zero-order valence-electron chi connectivity index (χ0n) is 18.4. The molecular formula is C26H24N4O3. The van der Waals surface area contributed by atoms with E-state index < -0.39 is 0 Å². The van der Waals surface area contributed by atoms with Gasteiger partial charge in [0.1, 0.15) is 6.61 Å². The molecule has 0 aliphatic carbocycles. The van der Waals surface area contributed by atoms with Crippen LogP contribution in [0.5, 0.6) is 11.5 Å². The van der Waals surface area contributed by atoms with Gasteiger partial charge in [0.15, 0.2) is 11.5 Å². The Morgan fingerprint density at radius 1 is 1.06 bits per heavy atom. The predicted octanol–water partition coefficient (Wildman–Crippen LogP) is 4.50. The fraction of sp³-hybridized carbons (Fsp3) is 0.154. The standard InChI is InChI=1S/C26H24N4O3/c1-18(29-26(31)10-8-21-16-28-22-5-3-4-6-23(22)30-21)20-7-9-24(25(15-20)32-2)33-17-19-11-13-27-14-12-19/h3-16,18H,17H2,1-2H3,(H,29,31)/b10-8+. The smallest absolute Gasteiger partial charge is 0.244 e. The van der Waals surface area contributed by atoms with Crippen LogP contribution < -0.4 is 14.8 Å². The summed E-state index contributed by atoms with van der Waals surface area (Å²) in [6.45, 7) is 2.32. The number of methoxy groups -OCH3 is 1. The lowest BCUT2D eigenvalue weighted by molar-refractivity contribution is -0.117. The highest BCUT2D eigenvalue weighted by atomic mass is 16.5. The highest BCUT2D eigenvalue weighted by Gasteiger charge is 2.12. The Labute approximate surface area is 192 Å². The third-order valence-corrected chi connectivity index (χ3v) is 5.06. The monoisotopic (exact) mass is 440 g/mol. The van der Waals surface area contributed by atoms with Crippen molar-refractivity contribution in [1.82, 2.24) is 20.3 Å². The maximum Gasteiger partial charge on any atom is 0.244 e. The minimum Gasteiger partial charge on any atom is -0.493 e. The fourth-order valence-electron chi connectivity index (χ4n) is 3.27. The van der Waals surface area contributed by atoms with Crippen LogP contribution in [0.3, 0.4) is 0 Å². The Balaban J connectivity index is 1.38. The Kier molecular flexibility index (Phi) is 6.90. The Bertz CT molecular complexity index is 1280. The van der Waals surface area contributed by atoms with E-state index in [4.69, 9.17) is 9.47 Å². The van der Waals surface area contributed by atoms with E-state index in [9.17, 15) is 4.79 Å². The van der Waals surface area contributed by atoms with E-state index in [0.29, 0.717) is 23.8 Å². The first-order valence-electron chi connectivity index (χ1n) is 10.5. The average Bonchev–Trinajstić information content (AvgIpc) is 2.86. The third kappa shape index (κ3) is 5.71. The van der Waals surface area contributed by atoms with Gasteiger partial charge in [0.25, 0.3) is 0 Å². The predicted molar refractivity (Wildman–Crippen MR) is 127 cm³/mol. The SMILES string of the molecule is COc1cc(C(C)NC(=O)/C=C/c2cnc3ccccc3n2)ccc1OCc1ccncc1. The zero-order valence-corrected chi connectivity index (χ0v) is 18.4. The summed E-state index contributed by atoms with van der Waals surface area (Å²) in [5.41, 5.74) is 4.13. The van der Waals surface area contributed by atoms with Crippen molar-refractivity contribution >= 4 is 23.0 Å². The van der Waals surface area contributed by atoms with Gasteiger partial charge in [-0.1, -0.05) is 18.2 Å². The number of para-hydroxylation sites is 2. The van der Waals surface area contributed by atoms with E-state index >= 15 is 0 Å². The van der Waals surface area contributed by atoms with Gasteiger partial charge >= 0.3 is 0 Å². The van der Waals surface area contributed by atoms with Gasteiger partial charge in [-0.05, 0) is 60.5 Å². The number of rotatable bonds is 8. The summed E-state index contributed by atoms with van der Waals surface area (Å²) >= 11 is 0. The van der Waals surface area contributed by atoms with E-state index in [-0.39, 0.29) is 11.9 Å². The molecule has 166 valence electrons. The molecule has 0 fully saturated rings. The number of carbonyl (C=O) groups is 1. The van der Waals surface area contributed by atoms with Crippen LogP contribution in [0.4, 0.5) is 0 Å². The van der Waals surface area contributed by atoms with Gasteiger partial charge in [-0.3, -0.25) is 14.8 Å². The topological polar surface area (TPSA) is 86.2 Å².